The highest BCUT2D eigenvalue weighted by atomic mass is 127. The van der Waals surface area contributed by atoms with Gasteiger partial charge in [0.15, 0.2) is 5.96 Å². The molecule has 9 heteroatoms. The SMILES string of the molecule is COc1cccc(NC(N)=NCC2CCN(S(C)(=O)=O)C2)c1.I. The zero-order valence-electron chi connectivity index (χ0n) is 13.2. The number of rotatable bonds is 5. The van der Waals surface area contributed by atoms with Crippen molar-refractivity contribution >= 4 is 45.6 Å². The first-order valence-corrected chi connectivity index (χ1v) is 8.89. The summed E-state index contributed by atoms with van der Waals surface area (Å²) in [6, 6.07) is 7.39. The molecule has 1 unspecified atom stereocenters. The highest BCUT2D eigenvalue weighted by Crippen LogP contribution is 2.19. The molecule has 0 amide bonds. The lowest BCUT2D eigenvalue weighted by atomic mass is 10.1. The van der Waals surface area contributed by atoms with Crippen LogP contribution in [0.3, 0.4) is 0 Å². The normalized spacial score (nSPS) is 19.2. The number of methoxy groups -OCH3 is 1. The molecule has 1 saturated heterocycles. The fourth-order valence-corrected chi connectivity index (χ4v) is 3.28. The predicted molar refractivity (Wildman–Crippen MR) is 103 cm³/mol. The van der Waals surface area contributed by atoms with Crippen molar-refractivity contribution < 1.29 is 13.2 Å². The van der Waals surface area contributed by atoms with Crippen molar-refractivity contribution in [3.8, 4) is 5.75 Å². The Morgan fingerprint density at radius 3 is 2.87 bits per heavy atom. The molecule has 0 radical (unpaired) electrons. The summed E-state index contributed by atoms with van der Waals surface area (Å²) in [5.41, 5.74) is 6.66. The van der Waals surface area contributed by atoms with Gasteiger partial charge >= 0.3 is 0 Å². The summed E-state index contributed by atoms with van der Waals surface area (Å²) in [5.74, 6) is 1.25. The van der Waals surface area contributed by atoms with Crippen LogP contribution in [0.2, 0.25) is 0 Å². The second-order valence-corrected chi connectivity index (χ2v) is 7.34. The number of sulfonamides is 1. The van der Waals surface area contributed by atoms with Gasteiger partial charge in [-0.15, -0.1) is 24.0 Å². The van der Waals surface area contributed by atoms with Gasteiger partial charge < -0.3 is 15.8 Å². The maximum atomic E-state index is 11.5. The first kappa shape index (κ1) is 20.0. The molecule has 0 spiro atoms. The zero-order chi connectivity index (χ0) is 16.2. The minimum atomic E-state index is -3.11. The number of hydrogen-bond donors (Lipinski definition) is 2. The molecule has 0 saturated carbocycles. The van der Waals surface area contributed by atoms with Crippen LogP contribution in [0, 0.1) is 5.92 Å². The zero-order valence-corrected chi connectivity index (χ0v) is 16.4. The average molecular weight is 454 g/mol. The van der Waals surface area contributed by atoms with Crippen LogP contribution in [0.1, 0.15) is 6.42 Å². The first-order chi connectivity index (χ1) is 10.4. The number of nitrogens with two attached hydrogens (primary N) is 1. The van der Waals surface area contributed by atoms with Crippen LogP contribution in [0.15, 0.2) is 29.3 Å². The van der Waals surface area contributed by atoms with Crippen molar-refractivity contribution in [2.75, 3.05) is 38.3 Å². The lowest BCUT2D eigenvalue weighted by Gasteiger charge is -2.12. The maximum absolute atomic E-state index is 11.5. The Morgan fingerprint density at radius 2 is 2.26 bits per heavy atom. The van der Waals surface area contributed by atoms with Gasteiger partial charge in [-0.1, -0.05) is 6.07 Å². The van der Waals surface area contributed by atoms with Gasteiger partial charge in [0.2, 0.25) is 10.0 Å². The number of ether oxygens (including phenoxy) is 1. The van der Waals surface area contributed by atoms with E-state index in [0.29, 0.717) is 25.6 Å². The number of anilines is 1. The molecule has 2 rings (SSSR count). The predicted octanol–water partition coefficient (Wildman–Crippen LogP) is 1.32. The van der Waals surface area contributed by atoms with E-state index in [1.54, 1.807) is 7.11 Å². The van der Waals surface area contributed by atoms with E-state index in [0.717, 1.165) is 17.9 Å². The molecule has 0 aliphatic carbocycles. The maximum Gasteiger partial charge on any atom is 0.211 e. The number of aliphatic imine (C=N–C) groups is 1. The Kier molecular flexibility index (Phi) is 7.55. The Hall–Kier alpha value is -1.07. The van der Waals surface area contributed by atoms with Crippen LogP contribution >= 0.6 is 24.0 Å². The quantitative estimate of drug-likeness (QED) is 0.398. The Balaban J connectivity index is 0.00000264. The third-order valence-electron chi connectivity index (χ3n) is 3.58. The lowest BCUT2D eigenvalue weighted by Crippen LogP contribution is -2.28. The summed E-state index contributed by atoms with van der Waals surface area (Å²) in [6.45, 7) is 1.58. The number of nitrogens with zero attached hydrogens (tertiary/aromatic N) is 2. The molecule has 1 aromatic rings. The number of hydrogen-bond acceptors (Lipinski definition) is 4. The van der Waals surface area contributed by atoms with Crippen LogP contribution in [-0.2, 0) is 10.0 Å². The minimum Gasteiger partial charge on any atom is -0.497 e. The van der Waals surface area contributed by atoms with Crippen molar-refractivity contribution in [3.05, 3.63) is 24.3 Å². The standard InChI is InChI=1S/C14H22N4O3S.HI/c1-21-13-5-3-4-12(8-13)17-14(15)16-9-11-6-7-18(10-11)22(2,19)20;/h3-5,8,11H,6-7,9-10H2,1-2H3,(H3,15,16,17);1H. The highest BCUT2D eigenvalue weighted by Gasteiger charge is 2.28. The van der Waals surface area contributed by atoms with Gasteiger partial charge in [0.05, 0.1) is 13.4 Å². The first-order valence-electron chi connectivity index (χ1n) is 7.04. The van der Waals surface area contributed by atoms with Crippen LogP contribution in [0.5, 0.6) is 5.75 Å². The van der Waals surface area contributed by atoms with E-state index in [1.807, 2.05) is 24.3 Å². The van der Waals surface area contributed by atoms with Crippen LogP contribution < -0.4 is 15.8 Å². The van der Waals surface area contributed by atoms with Gasteiger partial charge in [-0.2, -0.15) is 0 Å². The molecule has 7 nitrogen and oxygen atoms in total. The molecule has 1 fully saturated rings. The smallest absolute Gasteiger partial charge is 0.211 e. The Bertz CT molecular complexity index is 651. The van der Waals surface area contributed by atoms with Gasteiger partial charge in [0.25, 0.3) is 0 Å². The lowest BCUT2D eigenvalue weighted by molar-refractivity contribution is 0.415. The van der Waals surface area contributed by atoms with Gasteiger partial charge in [-0.3, -0.25) is 4.99 Å². The van der Waals surface area contributed by atoms with E-state index in [4.69, 9.17) is 10.5 Å². The molecule has 1 aliphatic rings. The van der Waals surface area contributed by atoms with Crippen LogP contribution in [0.4, 0.5) is 5.69 Å². The molecule has 1 atom stereocenters. The monoisotopic (exact) mass is 454 g/mol. The van der Waals surface area contributed by atoms with E-state index in [2.05, 4.69) is 10.3 Å². The molecule has 1 heterocycles. The van der Waals surface area contributed by atoms with Gasteiger partial charge in [-0.25, -0.2) is 12.7 Å². The third kappa shape index (κ3) is 6.15. The third-order valence-corrected chi connectivity index (χ3v) is 4.85. The summed E-state index contributed by atoms with van der Waals surface area (Å²) in [5, 5.41) is 3.00. The van der Waals surface area contributed by atoms with Crippen LogP contribution in [-0.4, -0.2) is 51.7 Å². The number of nitrogens with one attached hydrogen (secondary N) is 1. The van der Waals surface area contributed by atoms with E-state index in [-0.39, 0.29) is 29.9 Å². The van der Waals surface area contributed by atoms with E-state index in [1.165, 1.54) is 10.6 Å². The topological polar surface area (TPSA) is 97.0 Å². The molecule has 0 aromatic heterocycles. The molecule has 1 aliphatic heterocycles. The second kappa shape index (κ2) is 8.69. The fourth-order valence-electron chi connectivity index (χ4n) is 2.36. The summed E-state index contributed by atoms with van der Waals surface area (Å²) in [6.07, 6.45) is 2.04. The minimum absolute atomic E-state index is 0. The summed E-state index contributed by atoms with van der Waals surface area (Å²) >= 11 is 0. The fraction of sp³-hybridized carbons (Fsp3) is 0.500. The average Bonchev–Trinajstić information content (AvgIpc) is 2.94. The molecular formula is C14H23IN4O3S. The van der Waals surface area contributed by atoms with E-state index in [9.17, 15) is 8.42 Å². The number of benzene rings is 1. The van der Waals surface area contributed by atoms with E-state index >= 15 is 0 Å². The molecule has 23 heavy (non-hydrogen) atoms. The largest absolute Gasteiger partial charge is 0.497 e. The molecular weight excluding hydrogens is 431 g/mol. The van der Waals surface area contributed by atoms with Crippen molar-refractivity contribution in [1.82, 2.24) is 4.31 Å². The van der Waals surface area contributed by atoms with Crippen molar-refractivity contribution in [2.24, 2.45) is 16.6 Å². The van der Waals surface area contributed by atoms with Gasteiger partial charge in [0, 0.05) is 31.4 Å². The molecule has 0 bridgehead atoms. The van der Waals surface area contributed by atoms with E-state index < -0.39 is 10.0 Å². The summed E-state index contributed by atoms with van der Waals surface area (Å²) in [4.78, 5) is 4.29. The molecule has 3 N–H and O–H groups in total. The molecule has 130 valence electrons. The molecule has 1 aromatic carbocycles. The van der Waals surface area contributed by atoms with Gasteiger partial charge in [0.1, 0.15) is 5.75 Å². The summed E-state index contributed by atoms with van der Waals surface area (Å²) in [7, 11) is -1.50. The van der Waals surface area contributed by atoms with Crippen LogP contribution in [0.25, 0.3) is 0 Å². The van der Waals surface area contributed by atoms with Crippen molar-refractivity contribution in [2.45, 2.75) is 6.42 Å². The van der Waals surface area contributed by atoms with Gasteiger partial charge in [-0.05, 0) is 24.5 Å². The Morgan fingerprint density at radius 1 is 1.52 bits per heavy atom. The second-order valence-electron chi connectivity index (χ2n) is 5.36. The van der Waals surface area contributed by atoms with Crippen molar-refractivity contribution in [1.29, 1.82) is 0 Å². The number of halogens is 1. The number of guanidine groups is 1. The summed E-state index contributed by atoms with van der Waals surface area (Å²) < 4.78 is 29.5. The van der Waals surface area contributed by atoms with Crippen molar-refractivity contribution in [3.63, 3.8) is 0 Å². The highest BCUT2D eigenvalue weighted by molar-refractivity contribution is 14.0. The Labute approximate surface area is 154 Å².